The van der Waals surface area contributed by atoms with Gasteiger partial charge in [0.2, 0.25) is 11.8 Å². The summed E-state index contributed by atoms with van der Waals surface area (Å²) in [6.45, 7) is 6.34. The van der Waals surface area contributed by atoms with Crippen LogP contribution in [0.1, 0.15) is 39.5 Å². The van der Waals surface area contributed by atoms with E-state index < -0.39 is 0 Å². The number of carbonyl (C=O) groups is 2. The van der Waals surface area contributed by atoms with Crippen molar-refractivity contribution in [3.8, 4) is 0 Å². The van der Waals surface area contributed by atoms with Crippen molar-refractivity contribution in [1.29, 1.82) is 0 Å². The molecular formula is C14H25N3O2. The second-order valence-electron chi connectivity index (χ2n) is 5.91. The number of nitrogens with zero attached hydrogens (tertiary/aromatic N) is 1. The van der Waals surface area contributed by atoms with Crippen LogP contribution < -0.4 is 10.6 Å². The Bertz CT molecular complexity index is 330. The van der Waals surface area contributed by atoms with Crippen molar-refractivity contribution in [3.63, 3.8) is 0 Å². The molecule has 0 bridgehead atoms. The fourth-order valence-electron chi connectivity index (χ4n) is 2.82. The van der Waals surface area contributed by atoms with Crippen LogP contribution in [0, 0.1) is 5.92 Å². The number of hydrogen-bond donors (Lipinski definition) is 2. The molecule has 1 atom stereocenters. The molecule has 19 heavy (non-hydrogen) atoms. The molecule has 5 nitrogen and oxygen atoms in total. The highest BCUT2D eigenvalue weighted by atomic mass is 16.2. The molecule has 1 unspecified atom stereocenters. The predicted octanol–water partition coefficient (Wildman–Crippen LogP) is 0.502. The van der Waals surface area contributed by atoms with E-state index in [1.54, 1.807) is 0 Å². The second-order valence-corrected chi connectivity index (χ2v) is 5.91. The zero-order valence-corrected chi connectivity index (χ0v) is 11.9. The Morgan fingerprint density at radius 1 is 1.21 bits per heavy atom. The molecule has 0 aromatic rings. The second kappa shape index (κ2) is 6.37. The summed E-state index contributed by atoms with van der Waals surface area (Å²) < 4.78 is 0. The van der Waals surface area contributed by atoms with E-state index in [4.69, 9.17) is 0 Å². The number of likely N-dealkylation sites (tertiary alicyclic amines) is 1. The summed E-state index contributed by atoms with van der Waals surface area (Å²) in [5, 5.41) is 6.32. The molecule has 2 N–H and O–H groups in total. The molecule has 0 radical (unpaired) electrons. The lowest BCUT2D eigenvalue weighted by Crippen LogP contribution is -2.50. The normalized spacial score (nSPS) is 24.8. The first kappa shape index (κ1) is 14.3. The van der Waals surface area contributed by atoms with E-state index in [0.29, 0.717) is 0 Å². The van der Waals surface area contributed by atoms with Crippen molar-refractivity contribution in [2.75, 3.05) is 19.6 Å². The van der Waals surface area contributed by atoms with Crippen molar-refractivity contribution >= 4 is 11.8 Å². The zero-order chi connectivity index (χ0) is 13.8. The molecule has 2 aliphatic rings. The molecule has 0 aromatic carbocycles. The third kappa shape index (κ3) is 3.69. The molecule has 0 aromatic heterocycles. The van der Waals surface area contributed by atoms with Gasteiger partial charge in [-0.2, -0.15) is 0 Å². The van der Waals surface area contributed by atoms with Gasteiger partial charge in [0.1, 0.15) is 0 Å². The Morgan fingerprint density at radius 3 is 2.42 bits per heavy atom. The van der Waals surface area contributed by atoms with Crippen LogP contribution in [-0.4, -0.2) is 48.4 Å². The Balaban J connectivity index is 1.74. The van der Waals surface area contributed by atoms with Gasteiger partial charge in [-0.25, -0.2) is 0 Å². The van der Waals surface area contributed by atoms with E-state index in [1.807, 2.05) is 18.7 Å². The van der Waals surface area contributed by atoms with Crippen LogP contribution in [0.3, 0.4) is 0 Å². The maximum Gasteiger partial charge on any atom is 0.237 e. The minimum absolute atomic E-state index is 0.00433. The SMILES string of the molecule is CC(C)C(=O)N1CCC(NC(=O)C2CCCN2)CC1. The maximum atomic E-state index is 12.0. The van der Waals surface area contributed by atoms with Crippen LogP contribution >= 0.6 is 0 Å². The van der Waals surface area contributed by atoms with Gasteiger partial charge < -0.3 is 15.5 Å². The lowest BCUT2D eigenvalue weighted by atomic mass is 10.0. The number of amides is 2. The fraction of sp³-hybridized carbons (Fsp3) is 0.857. The molecule has 5 heteroatoms. The van der Waals surface area contributed by atoms with E-state index in [9.17, 15) is 9.59 Å². The van der Waals surface area contributed by atoms with Crippen molar-refractivity contribution < 1.29 is 9.59 Å². The quantitative estimate of drug-likeness (QED) is 0.783. The van der Waals surface area contributed by atoms with E-state index in [-0.39, 0.29) is 29.8 Å². The van der Waals surface area contributed by atoms with Gasteiger partial charge in [-0.15, -0.1) is 0 Å². The van der Waals surface area contributed by atoms with Gasteiger partial charge in [-0.1, -0.05) is 13.8 Å². The Morgan fingerprint density at radius 2 is 1.89 bits per heavy atom. The zero-order valence-electron chi connectivity index (χ0n) is 11.9. The number of nitrogens with one attached hydrogen (secondary N) is 2. The van der Waals surface area contributed by atoms with Gasteiger partial charge in [0.25, 0.3) is 0 Å². The van der Waals surface area contributed by atoms with E-state index in [1.165, 1.54) is 0 Å². The summed E-state index contributed by atoms with van der Waals surface area (Å²) in [6, 6.07) is 0.224. The number of carbonyl (C=O) groups excluding carboxylic acids is 2. The first-order valence-electron chi connectivity index (χ1n) is 7.40. The highest BCUT2D eigenvalue weighted by molar-refractivity contribution is 5.82. The Hall–Kier alpha value is -1.10. The highest BCUT2D eigenvalue weighted by Gasteiger charge is 2.28. The lowest BCUT2D eigenvalue weighted by Gasteiger charge is -2.33. The molecular weight excluding hydrogens is 242 g/mol. The van der Waals surface area contributed by atoms with Gasteiger partial charge >= 0.3 is 0 Å². The summed E-state index contributed by atoms with van der Waals surface area (Å²) in [7, 11) is 0. The van der Waals surface area contributed by atoms with E-state index in [2.05, 4.69) is 10.6 Å². The van der Waals surface area contributed by atoms with Crippen molar-refractivity contribution in [1.82, 2.24) is 15.5 Å². The average molecular weight is 267 g/mol. The number of rotatable bonds is 3. The van der Waals surface area contributed by atoms with Crippen molar-refractivity contribution in [2.45, 2.75) is 51.6 Å². The van der Waals surface area contributed by atoms with Crippen LogP contribution in [0.4, 0.5) is 0 Å². The summed E-state index contributed by atoms with van der Waals surface area (Å²) in [6.07, 6.45) is 3.77. The molecule has 2 aliphatic heterocycles. The highest BCUT2D eigenvalue weighted by Crippen LogP contribution is 2.14. The number of hydrogen-bond acceptors (Lipinski definition) is 3. The van der Waals surface area contributed by atoms with E-state index >= 15 is 0 Å². The smallest absolute Gasteiger partial charge is 0.237 e. The summed E-state index contributed by atoms with van der Waals surface area (Å²) >= 11 is 0. The topological polar surface area (TPSA) is 61.4 Å². The van der Waals surface area contributed by atoms with Crippen LogP contribution in [0.25, 0.3) is 0 Å². The van der Waals surface area contributed by atoms with Crippen molar-refractivity contribution in [2.24, 2.45) is 5.92 Å². The largest absolute Gasteiger partial charge is 0.352 e. The molecule has 0 spiro atoms. The molecule has 0 saturated carbocycles. The van der Waals surface area contributed by atoms with Crippen molar-refractivity contribution in [3.05, 3.63) is 0 Å². The first-order chi connectivity index (χ1) is 9.08. The van der Waals surface area contributed by atoms with E-state index in [0.717, 1.165) is 45.3 Å². The predicted molar refractivity (Wildman–Crippen MR) is 73.6 cm³/mol. The molecule has 2 fully saturated rings. The van der Waals surface area contributed by atoms with Crippen LogP contribution in [-0.2, 0) is 9.59 Å². The van der Waals surface area contributed by atoms with Gasteiger partial charge in [-0.05, 0) is 32.2 Å². The first-order valence-corrected chi connectivity index (χ1v) is 7.40. The number of piperidine rings is 1. The Labute approximate surface area is 115 Å². The molecule has 108 valence electrons. The van der Waals surface area contributed by atoms with Gasteiger partial charge in [0, 0.05) is 25.0 Å². The monoisotopic (exact) mass is 267 g/mol. The minimum atomic E-state index is -0.00433. The molecule has 2 amide bonds. The molecule has 2 rings (SSSR count). The third-order valence-electron chi connectivity index (χ3n) is 4.02. The van der Waals surface area contributed by atoms with Gasteiger partial charge in [0.05, 0.1) is 6.04 Å². The third-order valence-corrected chi connectivity index (χ3v) is 4.02. The Kier molecular flexibility index (Phi) is 4.80. The standard InChI is InChI=1S/C14H25N3O2/c1-10(2)14(19)17-8-5-11(6-9-17)16-13(18)12-4-3-7-15-12/h10-12,15H,3-9H2,1-2H3,(H,16,18). The molecule has 0 aliphatic carbocycles. The fourth-order valence-corrected chi connectivity index (χ4v) is 2.82. The maximum absolute atomic E-state index is 12.0. The molecule has 2 heterocycles. The van der Waals surface area contributed by atoms with Crippen LogP contribution in [0.5, 0.6) is 0 Å². The summed E-state index contributed by atoms with van der Waals surface area (Å²) in [4.78, 5) is 25.8. The van der Waals surface area contributed by atoms with Gasteiger partial charge in [0.15, 0.2) is 0 Å². The average Bonchev–Trinajstić information content (AvgIpc) is 2.92. The summed E-state index contributed by atoms with van der Waals surface area (Å²) in [5.74, 6) is 0.419. The minimum Gasteiger partial charge on any atom is -0.352 e. The van der Waals surface area contributed by atoms with Gasteiger partial charge in [-0.3, -0.25) is 9.59 Å². The molecule has 2 saturated heterocycles. The lowest BCUT2D eigenvalue weighted by molar-refractivity contribution is -0.135. The van der Waals surface area contributed by atoms with Crippen LogP contribution in [0.2, 0.25) is 0 Å². The summed E-state index contributed by atoms with van der Waals surface area (Å²) in [5.41, 5.74) is 0. The van der Waals surface area contributed by atoms with Crippen LogP contribution in [0.15, 0.2) is 0 Å².